The number of anilines is 1. The van der Waals surface area contributed by atoms with Gasteiger partial charge in [-0.25, -0.2) is 4.98 Å². The van der Waals surface area contributed by atoms with E-state index >= 15 is 0 Å². The Bertz CT molecular complexity index is 523. The molecule has 1 heterocycles. The van der Waals surface area contributed by atoms with E-state index < -0.39 is 0 Å². The van der Waals surface area contributed by atoms with E-state index in [4.69, 9.17) is 10.5 Å². The summed E-state index contributed by atoms with van der Waals surface area (Å²) < 4.78 is 5.65. The molecule has 0 unspecified atom stereocenters. The fraction of sp³-hybridized carbons (Fsp3) is 0.267. The molecule has 0 saturated heterocycles. The molecule has 2 rings (SSSR count). The van der Waals surface area contributed by atoms with Crippen LogP contribution in [0.25, 0.3) is 11.1 Å². The maximum atomic E-state index is 5.86. The summed E-state index contributed by atoms with van der Waals surface area (Å²) >= 11 is 0. The monoisotopic (exact) mass is 257 g/mol. The number of benzene rings is 1. The second-order valence-electron chi connectivity index (χ2n) is 4.61. The van der Waals surface area contributed by atoms with E-state index in [9.17, 15) is 0 Å². The van der Waals surface area contributed by atoms with E-state index in [1.54, 1.807) is 6.20 Å². The maximum Gasteiger partial charge on any atom is 0.131 e. The molecule has 0 atom stereocenters. The molecular formula is C15H19N3O. The topological polar surface area (TPSA) is 51.4 Å². The number of hydrogen-bond donors (Lipinski definition) is 1. The van der Waals surface area contributed by atoms with Gasteiger partial charge in [-0.2, -0.15) is 0 Å². The summed E-state index contributed by atoms with van der Waals surface area (Å²) in [6, 6.07) is 11.8. The summed E-state index contributed by atoms with van der Waals surface area (Å²) in [6.07, 6.45) is 1.69. The quantitative estimate of drug-likeness (QED) is 0.892. The van der Waals surface area contributed by atoms with Crippen molar-refractivity contribution in [2.75, 3.05) is 33.0 Å². The van der Waals surface area contributed by atoms with E-state index in [1.165, 1.54) is 0 Å². The predicted molar refractivity (Wildman–Crippen MR) is 78.1 cm³/mol. The third-order valence-electron chi connectivity index (χ3n) is 2.81. The number of ether oxygens (including phenoxy) is 1. The molecule has 19 heavy (non-hydrogen) atoms. The predicted octanol–water partition coefficient (Wildman–Crippen LogP) is 2.27. The number of aromatic nitrogens is 1. The van der Waals surface area contributed by atoms with Gasteiger partial charge in [0.25, 0.3) is 0 Å². The summed E-state index contributed by atoms with van der Waals surface area (Å²) in [6.45, 7) is 1.58. The van der Waals surface area contributed by atoms with Crippen LogP contribution in [0, 0.1) is 0 Å². The number of nitrogens with zero attached hydrogens (tertiary/aromatic N) is 2. The molecule has 0 fully saturated rings. The van der Waals surface area contributed by atoms with Crippen molar-refractivity contribution >= 4 is 5.82 Å². The van der Waals surface area contributed by atoms with Gasteiger partial charge >= 0.3 is 0 Å². The van der Waals surface area contributed by atoms with Gasteiger partial charge in [0, 0.05) is 18.3 Å². The number of pyridine rings is 1. The molecule has 1 aromatic heterocycles. The van der Waals surface area contributed by atoms with Crippen molar-refractivity contribution in [3.8, 4) is 16.9 Å². The average molecular weight is 257 g/mol. The third kappa shape index (κ3) is 3.69. The number of nitrogens with two attached hydrogens (primary N) is 1. The second kappa shape index (κ2) is 6.20. The number of likely N-dealkylation sites (N-methyl/N-ethyl adjacent to an activating group) is 1. The highest BCUT2D eigenvalue weighted by molar-refractivity contribution is 5.73. The fourth-order valence-electron chi connectivity index (χ4n) is 1.74. The van der Waals surface area contributed by atoms with Crippen molar-refractivity contribution in [2.45, 2.75) is 0 Å². The SMILES string of the molecule is CN(C)CCOc1ccc(-c2cccnc2N)cc1. The smallest absolute Gasteiger partial charge is 0.131 e. The molecule has 0 aliphatic heterocycles. The minimum absolute atomic E-state index is 0.545. The van der Waals surface area contributed by atoms with E-state index in [2.05, 4.69) is 9.88 Å². The first-order valence-corrected chi connectivity index (χ1v) is 6.25. The summed E-state index contributed by atoms with van der Waals surface area (Å²) in [4.78, 5) is 6.18. The van der Waals surface area contributed by atoms with Crippen molar-refractivity contribution in [3.63, 3.8) is 0 Å². The lowest BCUT2D eigenvalue weighted by Crippen LogP contribution is -2.19. The summed E-state index contributed by atoms with van der Waals surface area (Å²) in [5, 5.41) is 0. The normalized spacial score (nSPS) is 10.7. The molecule has 0 aliphatic rings. The van der Waals surface area contributed by atoms with Crippen molar-refractivity contribution in [3.05, 3.63) is 42.6 Å². The highest BCUT2D eigenvalue weighted by Crippen LogP contribution is 2.25. The summed E-state index contributed by atoms with van der Waals surface area (Å²) in [5.41, 5.74) is 7.85. The molecule has 2 N–H and O–H groups in total. The van der Waals surface area contributed by atoms with E-state index in [0.717, 1.165) is 23.4 Å². The first-order chi connectivity index (χ1) is 9.16. The lowest BCUT2D eigenvalue weighted by Gasteiger charge is -2.11. The van der Waals surface area contributed by atoms with Crippen LogP contribution in [0.2, 0.25) is 0 Å². The van der Waals surface area contributed by atoms with Gasteiger partial charge in [0.2, 0.25) is 0 Å². The molecule has 4 nitrogen and oxygen atoms in total. The zero-order valence-corrected chi connectivity index (χ0v) is 11.3. The minimum Gasteiger partial charge on any atom is -0.492 e. The Hall–Kier alpha value is -2.07. The largest absolute Gasteiger partial charge is 0.492 e. The molecule has 0 aliphatic carbocycles. The van der Waals surface area contributed by atoms with Crippen LogP contribution in [0.4, 0.5) is 5.82 Å². The summed E-state index contributed by atoms with van der Waals surface area (Å²) in [7, 11) is 4.05. The van der Waals surface area contributed by atoms with Crippen LogP contribution in [0.5, 0.6) is 5.75 Å². The highest BCUT2D eigenvalue weighted by atomic mass is 16.5. The molecule has 0 saturated carbocycles. The molecule has 100 valence electrons. The van der Waals surface area contributed by atoms with Gasteiger partial charge < -0.3 is 15.4 Å². The Morgan fingerprint density at radius 3 is 2.53 bits per heavy atom. The van der Waals surface area contributed by atoms with Crippen LogP contribution in [0.15, 0.2) is 42.6 Å². The van der Waals surface area contributed by atoms with Gasteiger partial charge in [-0.05, 0) is 43.9 Å². The molecule has 1 aromatic carbocycles. The Balaban J connectivity index is 2.04. The van der Waals surface area contributed by atoms with Crippen LogP contribution in [-0.2, 0) is 0 Å². The van der Waals surface area contributed by atoms with Crippen molar-refractivity contribution < 1.29 is 4.74 Å². The van der Waals surface area contributed by atoms with Crippen LogP contribution < -0.4 is 10.5 Å². The third-order valence-corrected chi connectivity index (χ3v) is 2.81. The minimum atomic E-state index is 0.545. The Morgan fingerprint density at radius 2 is 1.89 bits per heavy atom. The zero-order chi connectivity index (χ0) is 13.7. The number of nitrogen functional groups attached to an aromatic ring is 1. The Labute approximate surface area is 113 Å². The molecule has 2 aromatic rings. The lowest BCUT2D eigenvalue weighted by atomic mass is 10.1. The van der Waals surface area contributed by atoms with E-state index in [-0.39, 0.29) is 0 Å². The lowest BCUT2D eigenvalue weighted by molar-refractivity contribution is 0.261. The van der Waals surface area contributed by atoms with Gasteiger partial charge in [0.15, 0.2) is 0 Å². The molecule has 0 bridgehead atoms. The van der Waals surface area contributed by atoms with Crippen LogP contribution >= 0.6 is 0 Å². The molecule has 4 heteroatoms. The Morgan fingerprint density at radius 1 is 1.16 bits per heavy atom. The maximum absolute atomic E-state index is 5.86. The van der Waals surface area contributed by atoms with E-state index in [0.29, 0.717) is 12.4 Å². The van der Waals surface area contributed by atoms with Crippen molar-refractivity contribution in [1.29, 1.82) is 0 Å². The van der Waals surface area contributed by atoms with Gasteiger partial charge in [0.05, 0.1) is 0 Å². The van der Waals surface area contributed by atoms with Gasteiger partial charge in [0.1, 0.15) is 18.2 Å². The van der Waals surface area contributed by atoms with Gasteiger partial charge in [-0.15, -0.1) is 0 Å². The van der Waals surface area contributed by atoms with Crippen molar-refractivity contribution in [2.24, 2.45) is 0 Å². The first kappa shape index (κ1) is 13.4. The van der Waals surface area contributed by atoms with E-state index in [1.807, 2.05) is 50.5 Å². The first-order valence-electron chi connectivity index (χ1n) is 6.25. The number of rotatable bonds is 5. The second-order valence-corrected chi connectivity index (χ2v) is 4.61. The van der Waals surface area contributed by atoms with Crippen LogP contribution in [-0.4, -0.2) is 37.1 Å². The molecule has 0 amide bonds. The fourth-order valence-corrected chi connectivity index (χ4v) is 1.74. The molecular weight excluding hydrogens is 238 g/mol. The van der Waals surface area contributed by atoms with Crippen molar-refractivity contribution in [1.82, 2.24) is 9.88 Å². The standard InChI is InChI=1S/C15H19N3O/c1-18(2)10-11-19-13-7-5-12(6-8-13)14-4-3-9-17-15(14)16/h3-9H,10-11H2,1-2H3,(H2,16,17). The molecule has 0 radical (unpaired) electrons. The van der Waals surface area contributed by atoms with Crippen LogP contribution in [0.3, 0.4) is 0 Å². The molecule has 0 spiro atoms. The zero-order valence-electron chi connectivity index (χ0n) is 11.3. The average Bonchev–Trinajstić information content (AvgIpc) is 2.40. The number of hydrogen-bond acceptors (Lipinski definition) is 4. The highest BCUT2D eigenvalue weighted by Gasteiger charge is 2.03. The van der Waals surface area contributed by atoms with Crippen LogP contribution in [0.1, 0.15) is 0 Å². The summed E-state index contributed by atoms with van der Waals surface area (Å²) in [5.74, 6) is 1.41. The Kier molecular flexibility index (Phi) is 4.36. The van der Waals surface area contributed by atoms with Gasteiger partial charge in [-0.3, -0.25) is 0 Å². The van der Waals surface area contributed by atoms with Gasteiger partial charge in [-0.1, -0.05) is 12.1 Å².